The molecule has 186 valence electrons. The highest BCUT2D eigenvalue weighted by Gasteiger charge is 2.34. The van der Waals surface area contributed by atoms with Gasteiger partial charge in [-0.2, -0.15) is 0 Å². The second kappa shape index (κ2) is 10.5. The zero-order chi connectivity index (χ0) is 26.0. The first kappa shape index (κ1) is 25.4. The van der Waals surface area contributed by atoms with E-state index in [1.807, 2.05) is 12.1 Å². The van der Waals surface area contributed by atoms with E-state index in [4.69, 9.17) is 25.8 Å². The summed E-state index contributed by atoms with van der Waals surface area (Å²) in [6.45, 7) is 4.87. The molecular weight excluding hydrogens is 504 g/mol. The molecule has 8 nitrogen and oxygen atoms in total. The predicted octanol–water partition coefficient (Wildman–Crippen LogP) is 3.39. The number of carbonyl (C=O) groups excluding carboxylic acids is 2. The van der Waals surface area contributed by atoms with Gasteiger partial charge in [-0.05, 0) is 55.3 Å². The molecule has 1 aromatic heterocycles. The van der Waals surface area contributed by atoms with Crippen LogP contribution in [0.15, 0.2) is 63.5 Å². The average molecular weight is 527 g/mol. The summed E-state index contributed by atoms with van der Waals surface area (Å²) < 4.78 is 17.9. The van der Waals surface area contributed by atoms with Gasteiger partial charge in [0.25, 0.3) is 5.56 Å². The van der Waals surface area contributed by atoms with Gasteiger partial charge in [0, 0.05) is 11.9 Å². The molecule has 1 unspecified atom stereocenters. The van der Waals surface area contributed by atoms with E-state index in [1.54, 1.807) is 50.3 Å². The van der Waals surface area contributed by atoms with Crippen molar-refractivity contribution in [1.29, 1.82) is 0 Å². The van der Waals surface area contributed by atoms with Gasteiger partial charge in [-0.3, -0.25) is 14.2 Å². The Labute approximate surface area is 215 Å². The molecule has 0 aliphatic carbocycles. The topological polar surface area (TPSA) is 96.2 Å². The van der Waals surface area contributed by atoms with E-state index >= 15 is 0 Å². The molecule has 0 radical (unpaired) electrons. The number of hydrogen-bond acceptors (Lipinski definition) is 8. The Kier molecular flexibility index (Phi) is 7.42. The Morgan fingerprint density at radius 1 is 1.17 bits per heavy atom. The van der Waals surface area contributed by atoms with Crippen LogP contribution in [0.3, 0.4) is 0 Å². The fourth-order valence-electron chi connectivity index (χ4n) is 3.91. The van der Waals surface area contributed by atoms with E-state index in [2.05, 4.69) is 4.99 Å². The van der Waals surface area contributed by atoms with Crippen molar-refractivity contribution in [3.63, 3.8) is 0 Å². The van der Waals surface area contributed by atoms with Crippen molar-refractivity contribution in [3.8, 4) is 11.5 Å². The summed E-state index contributed by atoms with van der Waals surface area (Å²) in [5.74, 6) is -0.566. The van der Waals surface area contributed by atoms with Gasteiger partial charge in [0.05, 0.1) is 35.6 Å². The zero-order valence-electron chi connectivity index (χ0n) is 20.0. The first-order valence-electron chi connectivity index (χ1n) is 11.0. The SMILES string of the molecule is CCOC(=O)C1=C(C)N=c2sc(=Cc3ccc(Cl)cc3)c(=O)n2C1c1ccc(OC(C)=O)c(OC)c1. The fraction of sp³-hybridized carbons (Fsp3) is 0.231. The first-order chi connectivity index (χ1) is 17.2. The van der Waals surface area contributed by atoms with Crippen molar-refractivity contribution in [2.45, 2.75) is 26.8 Å². The number of fused-ring (bicyclic) bond motifs is 1. The average Bonchev–Trinajstić information content (AvgIpc) is 3.14. The molecule has 0 N–H and O–H groups in total. The molecule has 36 heavy (non-hydrogen) atoms. The normalized spacial score (nSPS) is 15.2. The lowest BCUT2D eigenvalue weighted by Gasteiger charge is -2.25. The third kappa shape index (κ3) is 4.98. The third-order valence-corrected chi connectivity index (χ3v) is 6.68. The number of benzene rings is 2. The summed E-state index contributed by atoms with van der Waals surface area (Å²) >= 11 is 7.21. The number of halogens is 1. The van der Waals surface area contributed by atoms with E-state index < -0.39 is 18.0 Å². The summed E-state index contributed by atoms with van der Waals surface area (Å²) in [5.41, 5.74) is 1.75. The van der Waals surface area contributed by atoms with Crippen molar-refractivity contribution in [3.05, 3.63) is 89.6 Å². The van der Waals surface area contributed by atoms with Crippen LogP contribution in [-0.4, -0.2) is 30.2 Å². The van der Waals surface area contributed by atoms with Gasteiger partial charge in [0.15, 0.2) is 16.3 Å². The van der Waals surface area contributed by atoms with E-state index in [9.17, 15) is 14.4 Å². The maximum atomic E-state index is 13.6. The first-order valence-corrected chi connectivity index (χ1v) is 12.2. The van der Waals surface area contributed by atoms with Gasteiger partial charge in [-0.15, -0.1) is 0 Å². The fourth-order valence-corrected chi connectivity index (χ4v) is 5.08. The van der Waals surface area contributed by atoms with Crippen LogP contribution in [-0.2, 0) is 14.3 Å². The second-order valence-electron chi connectivity index (χ2n) is 7.86. The molecule has 1 aliphatic rings. The van der Waals surface area contributed by atoms with Gasteiger partial charge in [0.1, 0.15) is 0 Å². The van der Waals surface area contributed by atoms with Crippen molar-refractivity contribution >= 4 is 41.0 Å². The van der Waals surface area contributed by atoms with Gasteiger partial charge in [-0.1, -0.05) is 41.1 Å². The minimum atomic E-state index is -0.826. The van der Waals surface area contributed by atoms with Crippen LogP contribution in [0.5, 0.6) is 11.5 Å². The summed E-state index contributed by atoms with van der Waals surface area (Å²) in [6, 6.07) is 11.2. The molecule has 0 spiro atoms. The lowest BCUT2D eigenvalue weighted by molar-refractivity contribution is -0.139. The van der Waals surface area contributed by atoms with Gasteiger partial charge >= 0.3 is 11.9 Å². The standard InChI is InChI=1S/C26H23ClN2O6S/c1-5-34-25(32)22-14(2)28-26-29(24(31)21(36-26)12-16-6-9-18(27)10-7-16)23(22)17-8-11-19(35-15(3)30)20(13-17)33-4/h6-13,23H,5H2,1-4H3. The van der Waals surface area contributed by atoms with Gasteiger partial charge < -0.3 is 14.2 Å². The monoisotopic (exact) mass is 526 g/mol. The second-order valence-corrected chi connectivity index (χ2v) is 9.30. The van der Waals surface area contributed by atoms with Gasteiger partial charge in [0.2, 0.25) is 0 Å². The molecule has 2 heterocycles. The molecule has 1 atom stereocenters. The van der Waals surface area contributed by atoms with Crippen molar-refractivity contribution < 1.29 is 23.8 Å². The van der Waals surface area contributed by atoms with E-state index in [0.717, 1.165) is 5.56 Å². The number of rotatable bonds is 6. The number of aromatic nitrogens is 1. The minimum Gasteiger partial charge on any atom is -0.493 e. The molecule has 0 fully saturated rings. The smallest absolute Gasteiger partial charge is 0.338 e. The number of hydrogen-bond donors (Lipinski definition) is 0. The van der Waals surface area contributed by atoms with Crippen molar-refractivity contribution in [2.24, 2.45) is 4.99 Å². The highest BCUT2D eigenvalue weighted by atomic mass is 35.5. The van der Waals surface area contributed by atoms with Crippen LogP contribution in [0.1, 0.15) is 37.9 Å². The number of carbonyl (C=O) groups is 2. The van der Waals surface area contributed by atoms with E-state index in [0.29, 0.717) is 25.6 Å². The molecule has 1 aliphatic heterocycles. The molecule has 2 aromatic carbocycles. The molecule has 3 aromatic rings. The largest absolute Gasteiger partial charge is 0.493 e. The summed E-state index contributed by atoms with van der Waals surface area (Å²) in [7, 11) is 1.44. The van der Waals surface area contributed by atoms with E-state index in [-0.39, 0.29) is 29.2 Å². The summed E-state index contributed by atoms with van der Waals surface area (Å²) in [5, 5.41) is 0.592. The Bertz CT molecular complexity index is 1550. The Morgan fingerprint density at radius 2 is 1.89 bits per heavy atom. The number of thiazole rings is 1. The number of allylic oxidation sites excluding steroid dienone is 1. The van der Waals surface area contributed by atoms with Crippen LogP contribution in [0.4, 0.5) is 0 Å². The summed E-state index contributed by atoms with van der Waals surface area (Å²) in [6.07, 6.45) is 1.75. The molecule has 0 bridgehead atoms. The molecule has 0 amide bonds. The number of nitrogens with zero attached hydrogens (tertiary/aromatic N) is 2. The van der Waals surface area contributed by atoms with Crippen LogP contribution >= 0.6 is 22.9 Å². The summed E-state index contributed by atoms with van der Waals surface area (Å²) in [4.78, 5) is 43.2. The van der Waals surface area contributed by atoms with Crippen LogP contribution < -0.4 is 24.4 Å². The lowest BCUT2D eigenvalue weighted by Crippen LogP contribution is -2.40. The Hall–Kier alpha value is -3.69. The van der Waals surface area contributed by atoms with Crippen molar-refractivity contribution in [2.75, 3.05) is 13.7 Å². The predicted molar refractivity (Wildman–Crippen MR) is 136 cm³/mol. The maximum Gasteiger partial charge on any atom is 0.338 e. The number of ether oxygens (including phenoxy) is 3. The van der Waals surface area contributed by atoms with Gasteiger partial charge in [-0.25, -0.2) is 9.79 Å². The van der Waals surface area contributed by atoms with Crippen LogP contribution in [0.25, 0.3) is 6.08 Å². The minimum absolute atomic E-state index is 0.165. The lowest BCUT2D eigenvalue weighted by atomic mass is 9.95. The van der Waals surface area contributed by atoms with Crippen LogP contribution in [0.2, 0.25) is 5.02 Å². The number of esters is 2. The molecular formula is C26H23ClN2O6S. The third-order valence-electron chi connectivity index (χ3n) is 5.44. The van der Waals surface area contributed by atoms with E-state index in [1.165, 1.54) is 29.9 Å². The molecule has 0 saturated heterocycles. The Balaban J connectivity index is 1.94. The quantitative estimate of drug-likeness (QED) is 0.361. The molecule has 4 rings (SSSR count). The van der Waals surface area contributed by atoms with Crippen LogP contribution in [0, 0.1) is 0 Å². The molecule has 0 saturated carbocycles. The highest BCUT2D eigenvalue weighted by molar-refractivity contribution is 7.07. The Morgan fingerprint density at radius 3 is 2.53 bits per heavy atom. The zero-order valence-corrected chi connectivity index (χ0v) is 21.6. The molecule has 10 heteroatoms. The highest BCUT2D eigenvalue weighted by Crippen LogP contribution is 2.36. The van der Waals surface area contributed by atoms with Crippen molar-refractivity contribution in [1.82, 2.24) is 4.57 Å². The maximum absolute atomic E-state index is 13.6. The number of methoxy groups -OCH3 is 1.